The Balaban J connectivity index is 1.33. The van der Waals surface area contributed by atoms with Crippen molar-refractivity contribution >= 4 is 40.1 Å². The molecule has 3 aromatic heterocycles. The molecule has 3 aromatic rings. The van der Waals surface area contributed by atoms with Crippen molar-refractivity contribution in [1.29, 1.82) is 0 Å². The zero-order chi connectivity index (χ0) is 22.8. The molecule has 5 rings (SSSR count). The largest absolute Gasteiger partial charge is 0.481 e. The van der Waals surface area contributed by atoms with Crippen molar-refractivity contribution in [1.82, 2.24) is 20.3 Å². The average molecular weight is 447 g/mol. The Morgan fingerprint density at radius 1 is 0.909 bits per heavy atom. The monoisotopic (exact) mass is 446 g/mol. The van der Waals surface area contributed by atoms with Gasteiger partial charge in [0.1, 0.15) is 17.3 Å². The van der Waals surface area contributed by atoms with E-state index in [0.29, 0.717) is 49.1 Å². The van der Waals surface area contributed by atoms with E-state index in [0.717, 1.165) is 29.4 Å². The van der Waals surface area contributed by atoms with E-state index in [1.807, 2.05) is 24.3 Å². The number of fused-ring (bicyclic) bond motifs is 1. The minimum absolute atomic E-state index is 0.0397. The van der Waals surface area contributed by atoms with E-state index in [1.54, 1.807) is 18.5 Å². The van der Waals surface area contributed by atoms with Gasteiger partial charge in [-0.25, -0.2) is 9.97 Å². The van der Waals surface area contributed by atoms with Crippen molar-refractivity contribution in [3.63, 3.8) is 0 Å². The van der Waals surface area contributed by atoms with Crippen LogP contribution >= 0.6 is 0 Å². The molecule has 2 saturated carbocycles. The summed E-state index contributed by atoms with van der Waals surface area (Å²) in [6.45, 7) is 0. The third kappa shape index (κ3) is 5.19. The SMILES string of the molecule is O=C(NC1CCC(C(=O)O)CC1)c1cc(NC2CC2)cc(Nc2ccc3cnccc3n2)n1. The van der Waals surface area contributed by atoms with Crippen molar-refractivity contribution < 1.29 is 14.7 Å². The number of nitrogens with zero attached hydrogens (tertiary/aromatic N) is 3. The summed E-state index contributed by atoms with van der Waals surface area (Å²) in [6.07, 6.45) is 8.15. The van der Waals surface area contributed by atoms with Gasteiger partial charge in [-0.05, 0) is 62.8 Å². The van der Waals surface area contributed by atoms with Crippen molar-refractivity contribution in [3.05, 3.63) is 48.4 Å². The number of carboxylic acid groups (broad SMARTS) is 1. The Hall–Kier alpha value is -3.75. The standard InChI is InChI=1S/C24H26N6O3/c31-23(27-17-4-1-14(2-5-17)24(32)33)20-11-18(26-16-6-7-16)12-22(29-20)30-21-8-3-15-13-25-10-9-19(15)28-21/h3,8-14,16-17H,1-2,4-7H2,(H,27,31)(H,32,33)(H2,26,28,29,30). The van der Waals surface area contributed by atoms with Gasteiger partial charge in [0.05, 0.1) is 11.4 Å². The zero-order valence-corrected chi connectivity index (χ0v) is 18.1. The predicted molar refractivity (Wildman–Crippen MR) is 125 cm³/mol. The number of carboxylic acids is 1. The van der Waals surface area contributed by atoms with Gasteiger partial charge in [-0.2, -0.15) is 0 Å². The molecule has 1 amide bonds. The van der Waals surface area contributed by atoms with Crippen molar-refractivity contribution in [3.8, 4) is 0 Å². The molecule has 0 aromatic carbocycles. The van der Waals surface area contributed by atoms with Gasteiger partial charge in [0.15, 0.2) is 0 Å². The number of hydrogen-bond acceptors (Lipinski definition) is 7. The molecule has 0 bridgehead atoms. The molecular formula is C24H26N6O3. The van der Waals surface area contributed by atoms with Gasteiger partial charge in [-0.1, -0.05) is 0 Å². The number of rotatable bonds is 7. The van der Waals surface area contributed by atoms with Gasteiger partial charge in [0.25, 0.3) is 5.91 Å². The maximum absolute atomic E-state index is 13.0. The van der Waals surface area contributed by atoms with Gasteiger partial charge in [0.2, 0.25) is 0 Å². The Morgan fingerprint density at radius 3 is 2.45 bits per heavy atom. The fourth-order valence-electron chi connectivity index (χ4n) is 4.17. The van der Waals surface area contributed by atoms with Crippen LogP contribution in [0.4, 0.5) is 17.3 Å². The highest BCUT2D eigenvalue weighted by Crippen LogP contribution is 2.28. The third-order valence-corrected chi connectivity index (χ3v) is 6.16. The first-order chi connectivity index (χ1) is 16.0. The molecule has 0 saturated heterocycles. The van der Waals surface area contributed by atoms with Crippen LogP contribution < -0.4 is 16.0 Å². The Morgan fingerprint density at radius 2 is 1.70 bits per heavy atom. The summed E-state index contributed by atoms with van der Waals surface area (Å²) in [6, 6.07) is 9.66. The van der Waals surface area contributed by atoms with E-state index in [9.17, 15) is 14.7 Å². The molecule has 2 aliphatic carbocycles. The predicted octanol–water partition coefficient (Wildman–Crippen LogP) is 3.72. The molecule has 0 spiro atoms. The summed E-state index contributed by atoms with van der Waals surface area (Å²) in [5, 5.41) is 19.8. The number of anilines is 3. The number of carbonyl (C=O) groups is 2. The highest BCUT2D eigenvalue weighted by molar-refractivity contribution is 5.94. The lowest BCUT2D eigenvalue weighted by molar-refractivity contribution is -0.142. The first-order valence-electron chi connectivity index (χ1n) is 11.3. The first-order valence-corrected chi connectivity index (χ1v) is 11.3. The van der Waals surface area contributed by atoms with Crippen LogP contribution in [0.3, 0.4) is 0 Å². The second-order valence-electron chi connectivity index (χ2n) is 8.80. The molecule has 0 unspecified atom stereocenters. The van der Waals surface area contributed by atoms with Crippen LogP contribution in [-0.2, 0) is 4.79 Å². The number of amides is 1. The molecule has 2 aliphatic rings. The first kappa shape index (κ1) is 21.1. The lowest BCUT2D eigenvalue weighted by Gasteiger charge is -2.26. The van der Waals surface area contributed by atoms with Crippen LogP contribution in [0.5, 0.6) is 0 Å². The Bertz CT molecular complexity index is 1190. The fourth-order valence-corrected chi connectivity index (χ4v) is 4.17. The molecule has 0 radical (unpaired) electrons. The normalized spacial score (nSPS) is 20.2. The number of aromatic nitrogens is 3. The molecule has 170 valence electrons. The lowest BCUT2D eigenvalue weighted by Crippen LogP contribution is -2.39. The molecular weight excluding hydrogens is 420 g/mol. The van der Waals surface area contributed by atoms with Gasteiger partial charge < -0.3 is 21.1 Å². The summed E-state index contributed by atoms with van der Waals surface area (Å²) in [7, 11) is 0. The van der Waals surface area contributed by atoms with E-state index in [-0.39, 0.29) is 17.9 Å². The second-order valence-corrected chi connectivity index (χ2v) is 8.80. The molecule has 0 aliphatic heterocycles. The quantitative estimate of drug-likeness (QED) is 0.432. The van der Waals surface area contributed by atoms with Gasteiger partial charge >= 0.3 is 5.97 Å². The Labute approximate surface area is 191 Å². The van der Waals surface area contributed by atoms with E-state index in [4.69, 9.17) is 0 Å². The van der Waals surface area contributed by atoms with Crippen LogP contribution in [0.15, 0.2) is 42.7 Å². The number of aliphatic carboxylic acids is 1. The van der Waals surface area contributed by atoms with E-state index >= 15 is 0 Å². The number of pyridine rings is 3. The number of nitrogens with one attached hydrogen (secondary N) is 3. The molecule has 33 heavy (non-hydrogen) atoms. The number of hydrogen-bond donors (Lipinski definition) is 4. The fraction of sp³-hybridized carbons (Fsp3) is 0.375. The average Bonchev–Trinajstić information content (AvgIpc) is 3.63. The summed E-state index contributed by atoms with van der Waals surface area (Å²) in [4.78, 5) is 37.4. The van der Waals surface area contributed by atoms with E-state index in [2.05, 4.69) is 30.9 Å². The van der Waals surface area contributed by atoms with Gasteiger partial charge in [-0.3, -0.25) is 14.6 Å². The van der Waals surface area contributed by atoms with Gasteiger partial charge in [-0.15, -0.1) is 0 Å². The Kier molecular flexibility index (Phi) is 5.77. The second kappa shape index (κ2) is 9.01. The summed E-state index contributed by atoms with van der Waals surface area (Å²) >= 11 is 0. The molecule has 3 heterocycles. The van der Waals surface area contributed by atoms with Crippen molar-refractivity contribution in [2.45, 2.75) is 50.6 Å². The van der Waals surface area contributed by atoms with Crippen LogP contribution in [0, 0.1) is 5.92 Å². The summed E-state index contributed by atoms with van der Waals surface area (Å²) in [5.41, 5.74) is 1.96. The molecule has 9 nitrogen and oxygen atoms in total. The van der Waals surface area contributed by atoms with Crippen LogP contribution in [-0.4, -0.2) is 44.0 Å². The highest BCUT2D eigenvalue weighted by Gasteiger charge is 2.27. The van der Waals surface area contributed by atoms with Crippen LogP contribution in [0.1, 0.15) is 49.0 Å². The molecule has 9 heteroatoms. The summed E-state index contributed by atoms with van der Waals surface area (Å²) in [5.74, 6) is -0.170. The van der Waals surface area contributed by atoms with E-state index < -0.39 is 5.97 Å². The minimum atomic E-state index is -0.755. The smallest absolute Gasteiger partial charge is 0.306 e. The van der Waals surface area contributed by atoms with Gasteiger partial charge in [0, 0.05) is 41.6 Å². The third-order valence-electron chi connectivity index (χ3n) is 6.16. The van der Waals surface area contributed by atoms with E-state index in [1.165, 1.54) is 0 Å². The zero-order valence-electron chi connectivity index (χ0n) is 18.1. The molecule has 2 fully saturated rings. The molecule has 0 atom stereocenters. The maximum atomic E-state index is 13.0. The molecule has 4 N–H and O–H groups in total. The van der Waals surface area contributed by atoms with Crippen molar-refractivity contribution in [2.75, 3.05) is 10.6 Å². The summed E-state index contributed by atoms with van der Waals surface area (Å²) < 4.78 is 0. The van der Waals surface area contributed by atoms with Crippen LogP contribution in [0.25, 0.3) is 10.9 Å². The highest BCUT2D eigenvalue weighted by atomic mass is 16.4. The van der Waals surface area contributed by atoms with Crippen LogP contribution in [0.2, 0.25) is 0 Å². The number of carbonyl (C=O) groups excluding carboxylic acids is 1. The van der Waals surface area contributed by atoms with Crippen molar-refractivity contribution in [2.24, 2.45) is 5.92 Å². The topological polar surface area (TPSA) is 129 Å². The lowest BCUT2D eigenvalue weighted by atomic mass is 9.86. The minimum Gasteiger partial charge on any atom is -0.481 e. The maximum Gasteiger partial charge on any atom is 0.306 e.